The maximum atomic E-state index is 13.8. The average molecular weight is 523 g/mol. The molecule has 1 aliphatic carbocycles. The van der Waals surface area contributed by atoms with E-state index in [1.807, 2.05) is 48.7 Å². The fourth-order valence-electron chi connectivity index (χ4n) is 5.23. The van der Waals surface area contributed by atoms with Crippen LogP contribution in [-0.4, -0.2) is 38.3 Å². The van der Waals surface area contributed by atoms with Gasteiger partial charge in [0.15, 0.2) is 0 Å². The maximum absolute atomic E-state index is 13.8. The van der Waals surface area contributed by atoms with Crippen LogP contribution in [0.1, 0.15) is 51.5 Å². The summed E-state index contributed by atoms with van der Waals surface area (Å²) in [5.74, 6) is 0.194. The van der Waals surface area contributed by atoms with Gasteiger partial charge in [0.05, 0.1) is 11.4 Å². The minimum Gasteiger partial charge on any atom is -0.271 e. The lowest BCUT2D eigenvalue weighted by Gasteiger charge is -2.36. The summed E-state index contributed by atoms with van der Waals surface area (Å²) in [6.45, 7) is 3.81. The molecule has 1 aromatic heterocycles. The summed E-state index contributed by atoms with van der Waals surface area (Å²) in [6.07, 6.45) is 8.32. The Hall–Kier alpha value is -3.89. The van der Waals surface area contributed by atoms with Crippen LogP contribution >= 0.6 is 11.8 Å². The van der Waals surface area contributed by atoms with E-state index in [-0.39, 0.29) is 17.5 Å². The van der Waals surface area contributed by atoms with Gasteiger partial charge in [-0.3, -0.25) is 14.5 Å². The van der Waals surface area contributed by atoms with Crippen molar-refractivity contribution < 1.29 is 9.59 Å². The van der Waals surface area contributed by atoms with Crippen LogP contribution in [0.2, 0.25) is 0 Å². The lowest BCUT2D eigenvalue weighted by Crippen LogP contribution is -2.49. The fraction of sp³-hybridized carbons (Fsp3) is 0.290. The van der Waals surface area contributed by atoms with Crippen LogP contribution in [-0.2, 0) is 9.59 Å². The summed E-state index contributed by atoms with van der Waals surface area (Å²) in [5, 5.41) is 14.8. The second-order valence-electron chi connectivity index (χ2n) is 9.61. The van der Waals surface area contributed by atoms with Crippen LogP contribution < -0.4 is 0 Å². The number of carbonyl (C=O) groups excluding carboxylic acids is 2. The monoisotopic (exact) mass is 522 g/mol. The quantitative estimate of drug-likeness (QED) is 0.208. The van der Waals surface area contributed by atoms with E-state index < -0.39 is 5.91 Å². The average Bonchev–Trinajstić information content (AvgIpc) is 3.37. The smallest absolute Gasteiger partial charge is 0.271 e. The van der Waals surface area contributed by atoms with Crippen molar-refractivity contribution in [2.75, 3.05) is 5.75 Å². The van der Waals surface area contributed by atoms with E-state index in [9.17, 15) is 14.9 Å². The molecule has 0 N–H and O–H groups in total. The van der Waals surface area contributed by atoms with Gasteiger partial charge in [0.25, 0.3) is 11.8 Å². The number of amides is 2. The van der Waals surface area contributed by atoms with Crippen molar-refractivity contribution in [1.82, 2.24) is 14.7 Å². The van der Waals surface area contributed by atoms with Crippen LogP contribution in [0.4, 0.5) is 0 Å². The minimum absolute atomic E-state index is 0.0411. The van der Waals surface area contributed by atoms with Crippen molar-refractivity contribution in [3.63, 3.8) is 0 Å². The van der Waals surface area contributed by atoms with Crippen molar-refractivity contribution in [1.29, 1.82) is 5.26 Å². The molecular formula is C31H30N4O2S. The Morgan fingerprint density at radius 1 is 1.03 bits per heavy atom. The second kappa shape index (κ2) is 11.2. The number of aromatic nitrogens is 2. The molecule has 7 heteroatoms. The summed E-state index contributed by atoms with van der Waals surface area (Å²) in [6, 6.07) is 20.0. The highest BCUT2D eigenvalue weighted by atomic mass is 32.2. The Kier molecular flexibility index (Phi) is 7.62. The molecule has 2 aromatic carbocycles. The number of para-hydroxylation sites is 1. The van der Waals surface area contributed by atoms with Gasteiger partial charge >= 0.3 is 0 Å². The Morgan fingerprint density at radius 2 is 1.74 bits per heavy atom. The third-order valence-electron chi connectivity index (χ3n) is 7.21. The normalized spacial score (nSPS) is 17.8. The Bertz CT molecular complexity index is 1460. The van der Waals surface area contributed by atoms with Crippen LogP contribution in [0.3, 0.4) is 0 Å². The number of hydrogen-bond donors (Lipinski definition) is 0. The number of imide groups is 1. The van der Waals surface area contributed by atoms with E-state index in [0.29, 0.717) is 11.1 Å². The molecule has 2 aliphatic rings. The largest absolute Gasteiger partial charge is 0.271 e. The zero-order valence-corrected chi connectivity index (χ0v) is 22.5. The van der Waals surface area contributed by atoms with Crippen molar-refractivity contribution in [2.45, 2.75) is 56.9 Å². The summed E-state index contributed by atoms with van der Waals surface area (Å²) >= 11 is 1.77. The van der Waals surface area contributed by atoms with Crippen molar-refractivity contribution in [3.05, 3.63) is 83.1 Å². The van der Waals surface area contributed by atoms with Gasteiger partial charge in [-0.25, -0.2) is 4.68 Å². The first-order valence-corrected chi connectivity index (χ1v) is 14.1. The molecule has 2 heterocycles. The third kappa shape index (κ3) is 4.97. The van der Waals surface area contributed by atoms with Crippen LogP contribution in [0.5, 0.6) is 0 Å². The SMILES string of the molecule is CCSc1ccc(-c2nn(-c3ccccc3)cc2/C=C2/C(=O)N(C3CCCCC3)C(=O)C(C#N)=C2C)cc1. The first-order valence-electron chi connectivity index (χ1n) is 13.1. The molecule has 0 unspecified atom stereocenters. The molecule has 5 rings (SSSR count). The zero-order valence-electron chi connectivity index (χ0n) is 21.7. The molecule has 0 atom stereocenters. The minimum atomic E-state index is -0.469. The van der Waals surface area contributed by atoms with E-state index in [1.165, 1.54) is 9.80 Å². The second-order valence-corrected chi connectivity index (χ2v) is 10.9. The number of hydrogen-bond acceptors (Lipinski definition) is 5. The molecule has 3 aromatic rings. The number of nitrogens with zero attached hydrogens (tertiary/aromatic N) is 4. The molecule has 1 saturated carbocycles. The first kappa shape index (κ1) is 25.7. The third-order valence-corrected chi connectivity index (χ3v) is 8.11. The topological polar surface area (TPSA) is 79.0 Å². The molecule has 192 valence electrons. The molecule has 1 fully saturated rings. The number of nitriles is 1. The van der Waals surface area contributed by atoms with E-state index in [2.05, 4.69) is 25.1 Å². The predicted octanol–water partition coefficient (Wildman–Crippen LogP) is 6.58. The molecule has 6 nitrogen and oxygen atoms in total. The van der Waals surface area contributed by atoms with Gasteiger partial charge in [-0.15, -0.1) is 11.8 Å². The highest BCUT2D eigenvalue weighted by Gasteiger charge is 2.40. The van der Waals surface area contributed by atoms with Gasteiger partial charge in [-0.2, -0.15) is 10.4 Å². The molecule has 38 heavy (non-hydrogen) atoms. The lowest BCUT2D eigenvalue weighted by atomic mass is 9.88. The summed E-state index contributed by atoms with van der Waals surface area (Å²) < 4.78 is 1.80. The molecule has 1 aliphatic heterocycles. The molecule has 2 amide bonds. The molecule has 0 radical (unpaired) electrons. The summed E-state index contributed by atoms with van der Waals surface area (Å²) in [4.78, 5) is 29.6. The Morgan fingerprint density at radius 3 is 2.39 bits per heavy atom. The zero-order chi connectivity index (χ0) is 26.6. The standard InChI is InChI=1S/C31H30N4O2S/c1-3-38-26-16-14-22(15-17-26)29-23(20-34(33-29)24-10-6-4-7-11-24)18-27-21(2)28(19-32)31(37)35(30(27)36)25-12-8-5-9-13-25/h4,6-7,10-11,14-18,20,25H,3,5,8-9,12-13H2,1-2H3/b27-18+. The van der Waals surface area contributed by atoms with Gasteiger partial charge < -0.3 is 0 Å². The number of benzene rings is 2. The lowest BCUT2D eigenvalue weighted by molar-refractivity contribution is -0.143. The Balaban J connectivity index is 1.64. The van der Waals surface area contributed by atoms with Crippen LogP contribution in [0, 0.1) is 11.3 Å². The fourth-order valence-corrected chi connectivity index (χ4v) is 5.89. The van der Waals surface area contributed by atoms with Gasteiger partial charge in [0.2, 0.25) is 0 Å². The van der Waals surface area contributed by atoms with Gasteiger partial charge in [-0.1, -0.05) is 56.5 Å². The maximum Gasteiger partial charge on any atom is 0.271 e. The van der Waals surface area contributed by atoms with E-state index in [1.54, 1.807) is 29.4 Å². The summed E-state index contributed by atoms with van der Waals surface area (Å²) in [7, 11) is 0. The van der Waals surface area contributed by atoms with E-state index in [0.717, 1.165) is 60.4 Å². The number of thioether (sulfide) groups is 1. The van der Waals surface area contributed by atoms with Gasteiger partial charge in [0, 0.05) is 33.8 Å². The van der Waals surface area contributed by atoms with Crippen LogP contribution in [0.15, 0.2) is 82.4 Å². The van der Waals surface area contributed by atoms with Crippen LogP contribution in [0.25, 0.3) is 23.0 Å². The highest BCUT2D eigenvalue weighted by Crippen LogP contribution is 2.34. The van der Waals surface area contributed by atoms with Crippen molar-refractivity contribution in [2.24, 2.45) is 0 Å². The number of rotatable bonds is 6. The first-order chi connectivity index (χ1) is 18.5. The molecule has 0 spiro atoms. The molecule has 0 bridgehead atoms. The highest BCUT2D eigenvalue weighted by molar-refractivity contribution is 7.99. The van der Waals surface area contributed by atoms with Crippen molar-refractivity contribution in [3.8, 4) is 23.0 Å². The van der Waals surface area contributed by atoms with Crippen molar-refractivity contribution >= 4 is 29.7 Å². The summed E-state index contributed by atoms with van der Waals surface area (Å²) in [5.41, 5.74) is 4.14. The van der Waals surface area contributed by atoms with Gasteiger partial charge in [-0.05, 0) is 61.4 Å². The molecular weight excluding hydrogens is 492 g/mol. The predicted molar refractivity (Wildman–Crippen MR) is 150 cm³/mol. The van der Waals surface area contributed by atoms with E-state index >= 15 is 0 Å². The van der Waals surface area contributed by atoms with E-state index in [4.69, 9.17) is 5.10 Å². The Labute approximate surface area is 227 Å². The number of carbonyl (C=O) groups is 2. The molecule has 0 saturated heterocycles. The van der Waals surface area contributed by atoms with Gasteiger partial charge in [0.1, 0.15) is 11.6 Å².